The molecule has 66 heavy (non-hydrogen) atoms. The molecule has 0 saturated carbocycles. The molecular formula is C60H100O6. The topological polar surface area (TPSA) is 78.9 Å². The molecule has 0 fully saturated rings. The predicted molar refractivity (Wildman–Crippen MR) is 284 cm³/mol. The van der Waals surface area contributed by atoms with E-state index in [1.165, 1.54) is 116 Å². The molecule has 0 spiro atoms. The van der Waals surface area contributed by atoms with Gasteiger partial charge in [-0.2, -0.15) is 0 Å². The van der Waals surface area contributed by atoms with Crippen molar-refractivity contribution in [2.45, 2.75) is 252 Å². The first-order valence-corrected chi connectivity index (χ1v) is 27.3. The molecule has 0 radical (unpaired) electrons. The highest BCUT2D eigenvalue weighted by molar-refractivity contribution is 5.71. The molecular weight excluding hydrogens is 817 g/mol. The van der Waals surface area contributed by atoms with E-state index in [9.17, 15) is 14.4 Å². The van der Waals surface area contributed by atoms with Gasteiger partial charge < -0.3 is 14.2 Å². The van der Waals surface area contributed by atoms with E-state index in [0.717, 1.165) is 83.5 Å². The fourth-order valence-electron chi connectivity index (χ4n) is 7.27. The maximum Gasteiger partial charge on any atom is 0.306 e. The lowest BCUT2D eigenvalue weighted by Crippen LogP contribution is -2.30. The molecule has 0 aliphatic heterocycles. The van der Waals surface area contributed by atoms with Crippen molar-refractivity contribution in [3.8, 4) is 0 Å². The van der Waals surface area contributed by atoms with Crippen LogP contribution in [-0.2, 0) is 28.6 Å². The minimum absolute atomic E-state index is 0.111. The van der Waals surface area contributed by atoms with Crippen LogP contribution in [0.2, 0.25) is 0 Å². The van der Waals surface area contributed by atoms with E-state index >= 15 is 0 Å². The molecule has 6 heteroatoms. The van der Waals surface area contributed by atoms with Gasteiger partial charge in [-0.05, 0) is 96.3 Å². The van der Waals surface area contributed by atoms with Crippen LogP contribution in [0, 0.1) is 0 Å². The predicted octanol–water partition coefficient (Wildman–Crippen LogP) is 18.1. The quantitative estimate of drug-likeness (QED) is 0.0199. The van der Waals surface area contributed by atoms with Gasteiger partial charge in [0.15, 0.2) is 6.10 Å². The number of ether oxygens (including phenoxy) is 3. The van der Waals surface area contributed by atoms with E-state index in [0.29, 0.717) is 12.8 Å². The molecule has 0 rings (SSSR count). The molecule has 0 aliphatic rings. The summed E-state index contributed by atoms with van der Waals surface area (Å²) in [6.45, 7) is 6.42. The molecule has 0 aromatic heterocycles. The molecule has 0 heterocycles. The first-order valence-electron chi connectivity index (χ1n) is 27.3. The third-order valence-electron chi connectivity index (χ3n) is 11.4. The summed E-state index contributed by atoms with van der Waals surface area (Å²) in [4.78, 5) is 38.0. The molecule has 1 atom stereocenters. The number of esters is 3. The van der Waals surface area contributed by atoms with Crippen LogP contribution in [0.25, 0.3) is 0 Å². The minimum Gasteiger partial charge on any atom is -0.462 e. The average Bonchev–Trinajstić information content (AvgIpc) is 3.31. The van der Waals surface area contributed by atoms with Crippen LogP contribution in [0.5, 0.6) is 0 Å². The Kier molecular flexibility index (Phi) is 50.9. The third-order valence-corrected chi connectivity index (χ3v) is 11.4. The molecule has 376 valence electrons. The fourth-order valence-corrected chi connectivity index (χ4v) is 7.27. The summed E-state index contributed by atoms with van der Waals surface area (Å²) in [5.74, 6) is -1.00. The van der Waals surface area contributed by atoms with Crippen molar-refractivity contribution in [3.05, 3.63) is 97.2 Å². The van der Waals surface area contributed by atoms with Gasteiger partial charge in [0, 0.05) is 19.3 Å². The van der Waals surface area contributed by atoms with Crippen molar-refractivity contribution in [1.82, 2.24) is 0 Å². The van der Waals surface area contributed by atoms with Crippen LogP contribution in [0.15, 0.2) is 97.2 Å². The number of allylic oxidation sites excluding steroid dienone is 16. The van der Waals surface area contributed by atoms with E-state index in [2.05, 4.69) is 118 Å². The normalized spacial score (nSPS) is 12.8. The monoisotopic (exact) mass is 917 g/mol. The second-order valence-corrected chi connectivity index (χ2v) is 17.8. The number of hydrogen-bond donors (Lipinski definition) is 0. The largest absolute Gasteiger partial charge is 0.462 e. The van der Waals surface area contributed by atoms with Crippen LogP contribution >= 0.6 is 0 Å². The average molecular weight is 917 g/mol. The minimum atomic E-state index is -0.818. The highest BCUT2D eigenvalue weighted by atomic mass is 16.6. The van der Waals surface area contributed by atoms with Gasteiger partial charge in [0.2, 0.25) is 0 Å². The van der Waals surface area contributed by atoms with Crippen molar-refractivity contribution in [2.75, 3.05) is 13.2 Å². The summed E-state index contributed by atoms with van der Waals surface area (Å²) in [6, 6.07) is 0. The van der Waals surface area contributed by atoms with Crippen LogP contribution in [0.3, 0.4) is 0 Å². The summed E-state index contributed by atoms with van der Waals surface area (Å²) in [5, 5.41) is 0. The molecule has 0 saturated heterocycles. The van der Waals surface area contributed by atoms with Gasteiger partial charge in [0.05, 0.1) is 0 Å². The second kappa shape index (κ2) is 53.9. The lowest BCUT2D eigenvalue weighted by Gasteiger charge is -2.18. The van der Waals surface area contributed by atoms with Gasteiger partial charge in [-0.15, -0.1) is 0 Å². The van der Waals surface area contributed by atoms with Crippen LogP contribution in [0.4, 0.5) is 0 Å². The SMILES string of the molecule is CC\C=C/C=C\C=C/CCCCCCCCCC(=O)OCC(COC(=O)CCC/C=C\C/C=C\C/C=C\CCCCCCCC)OC(=O)CCCCC/C=C\C=C/CCCCCCCCC. The molecule has 0 aromatic carbocycles. The van der Waals surface area contributed by atoms with Gasteiger partial charge in [0.25, 0.3) is 0 Å². The summed E-state index contributed by atoms with van der Waals surface area (Å²) in [6.07, 6.45) is 71.1. The van der Waals surface area contributed by atoms with E-state index in [4.69, 9.17) is 14.2 Å². The zero-order valence-corrected chi connectivity index (χ0v) is 42.9. The zero-order valence-electron chi connectivity index (χ0n) is 42.9. The first kappa shape index (κ1) is 62.3. The maximum absolute atomic E-state index is 12.8. The highest BCUT2D eigenvalue weighted by Gasteiger charge is 2.19. The Hall–Kier alpha value is -3.67. The molecule has 0 N–H and O–H groups in total. The van der Waals surface area contributed by atoms with Gasteiger partial charge in [0.1, 0.15) is 13.2 Å². The van der Waals surface area contributed by atoms with Gasteiger partial charge in [-0.3, -0.25) is 14.4 Å². The Morgan fingerprint density at radius 2 is 0.667 bits per heavy atom. The smallest absolute Gasteiger partial charge is 0.306 e. The Morgan fingerprint density at radius 3 is 1.14 bits per heavy atom. The van der Waals surface area contributed by atoms with Crippen molar-refractivity contribution in [1.29, 1.82) is 0 Å². The Balaban J connectivity index is 4.53. The van der Waals surface area contributed by atoms with E-state index in [-0.39, 0.29) is 44.0 Å². The Labute approximate surface area is 407 Å². The zero-order chi connectivity index (χ0) is 47.9. The number of unbranched alkanes of at least 4 members (excludes halogenated alkanes) is 24. The van der Waals surface area contributed by atoms with Gasteiger partial charge >= 0.3 is 17.9 Å². The number of hydrogen-bond acceptors (Lipinski definition) is 6. The molecule has 6 nitrogen and oxygen atoms in total. The second-order valence-electron chi connectivity index (χ2n) is 17.8. The Morgan fingerprint density at radius 1 is 0.333 bits per heavy atom. The number of rotatable bonds is 48. The summed E-state index contributed by atoms with van der Waals surface area (Å²) in [7, 11) is 0. The van der Waals surface area contributed by atoms with Crippen molar-refractivity contribution < 1.29 is 28.6 Å². The van der Waals surface area contributed by atoms with Crippen LogP contribution in [-0.4, -0.2) is 37.2 Å². The molecule has 0 aliphatic carbocycles. The Bertz CT molecular complexity index is 1330. The molecule has 0 bridgehead atoms. The van der Waals surface area contributed by atoms with E-state index < -0.39 is 6.10 Å². The van der Waals surface area contributed by atoms with Gasteiger partial charge in [-0.25, -0.2) is 0 Å². The number of carbonyl (C=O) groups excluding carboxylic acids is 3. The molecule has 0 aromatic rings. The summed E-state index contributed by atoms with van der Waals surface area (Å²) >= 11 is 0. The maximum atomic E-state index is 12.8. The van der Waals surface area contributed by atoms with Crippen molar-refractivity contribution in [2.24, 2.45) is 0 Å². The van der Waals surface area contributed by atoms with E-state index in [1.54, 1.807) is 0 Å². The highest BCUT2D eigenvalue weighted by Crippen LogP contribution is 2.13. The lowest BCUT2D eigenvalue weighted by atomic mass is 10.1. The van der Waals surface area contributed by atoms with Gasteiger partial charge in [-0.1, -0.05) is 227 Å². The van der Waals surface area contributed by atoms with Crippen molar-refractivity contribution >= 4 is 17.9 Å². The summed E-state index contributed by atoms with van der Waals surface area (Å²) < 4.78 is 16.8. The van der Waals surface area contributed by atoms with Crippen LogP contribution in [0.1, 0.15) is 245 Å². The fraction of sp³-hybridized carbons (Fsp3) is 0.683. The van der Waals surface area contributed by atoms with Crippen molar-refractivity contribution in [3.63, 3.8) is 0 Å². The number of carbonyl (C=O) groups is 3. The molecule has 0 amide bonds. The summed E-state index contributed by atoms with van der Waals surface area (Å²) in [5.41, 5.74) is 0. The molecule has 1 unspecified atom stereocenters. The van der Waals surface area contributed by atoms with E-state index in [1.807, 2.05) is 0 Å². The first-order chi connectivity index (χ1) is 32.5. The van der Waals surface area contributed by atoms with Crippen LogP contribution < -0.4 is 0 Å². The standard InChI is InChI=1S/C60H100O6/c1-4-7-10-13-16-19-22-25-28-30-33-35-38-41-44-47-50-53-59(62)65-56-57(55-64-58(61)52-49-46-43-40-37-34-31-27-24-21-18-15-12-9-6-3)66-60(63)54-51-48-45-42-39-36-32-29-26-23-20-17-14-11-8-5-2/h9,12,15,18,21,24-25,28-29,32-33,35-36,39,41,44,57H,4-8,10-11,13-14,16-17,19-20,22-23,26-27,30-31,34,37-38,40,42-43,45-56H2,1-3H3/b12-9-,18-15-,24-21-,28-25-,32-29-,35-33-,39-36-,44-41-. The lowest BCUT2D eigenvalue weighted by molar-refractivity contribution is -0.167. The third kappa shape index (κ3) is 51.3.